The molecule has 3 N–H and O–H groups in total. The van der Waals surface area contributed by atoms with Gasteiger partial charge in [-0.2, -0.15) is 0 Å². The molecule has 0 aromatic heterocycles. The molecule has 0 radical (unpaired) electrons. The molecule has 4 atom stereocenters. The Morgan fingerprint density at radius 2 is 1.70 bits per heavy atom. The molecular formula is C37H40FN3O5S. The van der Waals surface area contributed by atoms with Crippen molar-refractivity contribution in [3.63, 3.8) is 0 Å². The zero-order valence-corrected chi connectivity index (χ0v) is 27.5. The lowest BCUT2D eigenvalue weighted by Gasteiger charge is -2.38. The van der Waals surface area contributed by atoms with Crippen LogP contribution in [0.2, 0.25) is 0 Å². The summed E-state index contributed by atoms with van der Waals surface area (Å²) < 4.78 is 20.0. The number of carbonyl (C=O) groups is 2. The van der Waals surface area contributed by atoms with Gasteiger partial charge in [0.15, 0.2) is 11.9 Å². The highest BCUT2D eigenvalue weighted by atomic mass is 32.2. The summed E-state index contributed by atoms with van der Waals surface area (Å²) in [6.45, 7) is 5.12. The van der Waals surface area contributed by atoms with E-state index in [-0.39, 0.29) is 41.0 Å². The fourth-order valence-corrected chi connectivity index (χ4v) is 6.37. The number of rotatable bonds is 11. The molecular weight excluding hydrogens is 617 g/mol. The molecule has 10 heteroatoms. The van der Waals surface area contributed by atoms with Crippen molar-refractivity contribution in [1.29, 1.82) is 0 Å². The first kappa shape index (κ1) is 34.1. The Morgan fingerprint density at radius 1 is 1.02 bits per heavy atom. The molecule has 8 nitrogen and oxygen atoms in total. The predicted octanol–water partition coefficient (Wildman–Crippen LogP) is 6.00. The van der Waals surface area contributed by atoms with Crippen LogP contribution in [-0.2, 0) is 11.3 Å². The van der Waals surface area contributed by atoms with E-state index in [1.54, 1.807) is 41.8 Å². The fourth-order valence-electron chi connectivity index (χ4n) is 5.53. The molecule has 4 aromatic carbocycles. The molecule has 1 aliphatic rings. The Balaban J connectivity index is 1.36. The minimum absolute atomic E-state index is 0.137. The predicted molar refractivity (Wildman–Crippen MR) is 181 cm³/mol. The second-order valence-corrected chi connectivity index (χ2v) is 13.2. The second-order valence-electron chi connectivity index (χ2n) is 12.0. The highest BCUT2D eigenvalue weighted by molar-refractivity contribution is 7.99. The van der Waals surface area contributed by atoms with Crippen molar-refractivity contribution in [2.75, 3.05) is 32.1 Å². The van der Waals surface area contributed by atoms with Gasteiger partial charge in [-0.1, -0.05) is 67.2 Å². The topological polar surface area (TPSA) is 102 Å². The van der Waals surface area contributed by atoms with Crippen molar-refractivity contribution < 1.29 is 28.9 Å². The number of hydrogen-bond acceptors (Lipinski definition) is 7. The van der Waals surface area contributed by atoms with Gasteiger partial charge in [0.2, 0.25) is 0 Å². The molecule has 1 heterocycles. The third-order valence-corrected chi connectivity index (χ3v) is 9.25. The van der Waals surface area contributed by atoms with Gasteiger partial charge in [-0.15, -0.1) is 0 Å². The summed E-state index contributed by atoms with van der Waals surface area (Å²) in [4.78, 5) is 33.1. The third-order valence-electron chi connectivity index (χ3n) is 8.23. The average molecular weight is 658 g/mol. The number of aliphatic hydroxyl groups is 2. The summed E-state index contributed by atoms with van der Waals surface area (Å²) >= 11 is 1.71. The summed E-state index contributed by atoms with van der Waals surface area (Å²) in [6.07, 6.45) is -1.96. The molecule has 4 aromatic rings. The number of anilines is 1. The van der Waals surface area contributed by atoms with Gasteiger partial charge in [0, 0.05) is 35.3 Å². The monoisotopic (exact) mass is 657 g/mol. The number of carbonyl (C=O) groups excluding carboxylic acids is 2. The van der Waals surface area contributed by atoms with Gasteiger partial charge in [0.05, 0.1) is 23.9 Å². The number of fused-ring (bicyclic) bond motifs is 1. The highest BCUT2D eigenvalue weighted by Crippen LogP contribution is 2.36. The maximum absolute atomic E-state index is 13.8. The van der Waals surface area contributed by atoms with Crippen LogP contribution in [-0.4, -0.2) is 70.7 Å². The number of halogens is 1. The number of likely N-dealkylation sites (N-methyl/N-ethyl adjacent to an activating group) is 1. The first-order valence-electron chi connectivity index (χ1n) is 15.6. The van der Waals surface area contributed by atoms with Crippen molar-refractivity contribution in [3.8, 4) is 5.75 Å². The zero-order valence-electron chi connectivity index (χ0n) is 26.7. The SMILES string of the molecule is CC(CO)N1C[C@@H](C)[C@@H](CN(C)Cc2ccc(Sc3ccccc3)cc2)Oc2c(NC(=O)C(O)c3ccc(F)cc3)cccc2C1=O. The van der Waals surface area contributed by atoms with Crippen LogP contribution in [0.5, 0.6) is 5.75 Å². The lowest BCUT2D eigenvalue weighted by Crippen LogP contribution is -2.49. The highest BCUT2D eigenvalue weighted by Gasteiger charge is 2.35. The number of nitrogens with one attached hydrogen (secondary N) is 1. The van der Waals surface area contributed by atoms with E-state index in [1.807, 2.05) is 32.2 Å². The Hall–Kier alpha value is -4.22. The summed E-state index contributed by atoms with van der Waals surface area (Å²) in [6, 6.07) is 28.1. The Kier molecular flexibility index (Phi) is 11.3. The van der Waals surface area contributed by atoms with Crippen LogP contribution < -0.4 is 10.1 Å². The second kappa shape index (κ2) is 15.6. The van der Waals surface area contributed by atoms with E-state index in [4.69, 9.17) is 4.74 Å². The van der Waals surface area contributed by atoms with Gasteiger partial charge >= 0.3 is 0 Å². The molecule has 246 valence electrons. The average Bonchev–Trinajstić information content (AvgIpc) is 3.07. The molecule has 0 fully saturated rings. The zero-order chi connectivity index (χ0) is 33.5. The Bertz CT molecular complexity index is 1660. The summed E-state index contributed by atoms with van der Waals surface area (Å²) in [5, 5.41) is 23.4. The van der Waals surface area contributed by atoms with E-state index >= 15 is 0 Å². The lowest BCUT2D eigenvalue weighted by atomic mass is 9.98. The van der Waals surface area contributed by atoms with Gasteiger partial charge in [-0.3, -0.25) is 14.5 Å². The summed E-state index contributed by atoms with van der Waals surface area (Å²) in [5.74, 6) is -1.51. The maximum atomic E-state index is 13.8. The number of amides is 2. The molecule has 0 aliphatic carbocycles. The number of hydrogen-bond donors (Lipinski definition) is 3. The third kappa shape index (κ3) is 8.58. The van der Waals surface area contributed by atoms with Crippen molar-refractivity contribution in [1.82, 2.24) is 9.80 Å². The fraction of sp³-hybridized carbons (Fsp3) is 0.297. The first-order chi connectivity index (χ1) is 22.6. The van der Waals surface area contributed by atoms with Gasteiger partial charge < -0.3 is 25.2 Å². The molecule has 0 saturated heterocycles. The summed E-state index contributed by atoms with van der Waals surface area (Å²) in [5.41, 5.74) is 1.83. The minimum atomic E-state index is -1.57. The molecule has 0 saturated carbocycles. The van der Waals surface area contributed by atoms with E-state index in [0.29, 0.717) is 19.6 Å². The number of aliphatic hydroxyl groups excluding tert-OH is 2. The smallest absolute Gasteiger partial charge is 0.258 e. The Labute approximate surface area is 279 Å². The maximum Gasteiger partial charge on any atom is 0.258 e. The van der Waals surface area contributed by atoms with Crippen LogP contribution in [0.25, 0.3) is 0 Å². The largest absolute Gasteiger partial charge is 0.486 e. The quantitative estimate of drug-likeness (QED) is 0.182. The van der Waals surface area contributed by atoms with E-state index in [0.717, 1.165) is 10.5 Å². The number of nitrogens with zero attached hydrogens (tertiary/aromatic N) is 2. The van der Waals surface area contributed by atoms with Gasteiger partial charge in [0.1, 0.15) is 11.9 Å². The molecule has 1 aliphatic heterocycles. The van der Waals surface area contributed by atoms with Crippen LogP contribution in [0.1, 0.15) is 41.4 Å². The van der Waals surface area contributed by atoms with E-state index < -0.39 is 30.0 Å². The van der Waals surface area contributed by atoms with E-state index in [2.05, 4.69) is 46.6 Å². The van der Waals surface area contributed by atoms with Gasteiger partial charge in [-0.25, -0.2) is 4.39 Å². The van der Waals surface area contributed by atoms with Crippen molar-refractivity contribution in [2.24, 2.45) is 5.92 Å². The Morgan fingerprint density at radius 3 is 2.38 bits per heavy atom. The van der Waals surface area contributed by atoms with E-state index in [9.17, 15) is 24.2 Å². The molecule has 0 bridgehead atoms. The van der Waals surface area contributed by atoms with E-state index in [1.165, 1.54) is 29.2 Å². The number of benzene rings is 4. The molecule has 47 heavy (non-hydrogen) atoms. The molecule has 2 unspecified atom stereocenters. The van der Waals surface area contributed by atoms with Crippen molar-refractivity contribution in [3.05, 3.63) is 120 Å². The summed E-state index contributed by atoms with van der Waals surface area (Å²) in [7, 11) is 2.01. The van der Waals surface area contributed by atoms with Crippen LogP contribution in [0, 0.1) is 11.7 Å². The molecule has 2 amide bonds. The number of ether oxygens (including phenoxy) is 1. The van der Waals surface area contributed by atoms with Crippen molar-refractivity contribution in [2.45, 2.75) is 48.4 Å². The number of para-hydroxylation sites is 1. The standard InChI is InChI=1S/C37H40FN3O5S/c1-24-20-41(25(2)23-42)37(45)31-10-7-11-32(39-36(44)34(43)27-14-16-28(38)17-15-27)35(31)46-33(24)22-40(3)21-26-12-18-30(19-13-26)47-29-8-5-4-6-9-29/h4-19,24-25,33-34,42-43H,20-23H2,1-3H3,(H,39,44)/t24-,25?,33-,34?/m1/s1. The minimum Gasteiger partial charge on any atom is -0.486 e. The van der Waals surface area contributed by atoms with Gasteiger partial charge in [-0.05, 0) is 73.6 Å². The lowest BCUT2D eigenvalue weighted by molar-refractivity contribution is -0.124. The molecule has 5 rings (SSSR count). The van der Waals surface area contributed by atoms with Crippen LogP contribution in [0.3, 0.4) is 0 Å². The van der Waals surface area contributed by atoms with Crippen LogP contribution in [0.15, 0.2) is 107 Å². The first-order valence-corrected chi connectivity index (χ1v) is 16.4. The van der Waals surface area contributed by atoms with Crippen molar-refractivity contribution >= 4 is 29.3 Å². The van der Waals surface area contributed by atoms with Crippen LogP contribution >= 0.6 is 11.8 Å². The van der Waals surface area contributed by atoms with Gasteiger partial charge in [0.25, 0.3) is 11.8 Å². The van der Waals surface area contributed by atoms with Crippen LogP contribution in [0.4, 0.5) is 10.1 Å². The molecule has 0 spiro atoms. The normalized spacial score (nSPS) is 17.7.